The van der Waals surface area contributed by atoms with Crippen molar-refractivity contribution in [2.45, 2.75) is 50.2 Å². The van der Waals surface area contributed by atoms with E-state index in [9.17, 15) is 44.6 Å². The number of aromatic nitrogens is 3. The lowest BCUT2D eigenvalue weighted by Gasteiger charge is -2.27. The van der Waals surface area contributed by atoms with Crippen LogP contribution >= 0.6 is 0 Å². The predicted octanol–water partition coefficient (Wildman–Crippen LogP) is 3.68. The van der Waals surface area contributed by atoms with E-state index in [2.05, 4.69) is 15.0 Å². The van der Waals surface area contributed by atoms with Crippen molar-refractivity contribution >= 4 is 17.5 Å². The number of alkyl halides is 8. The Morgan fingerprint density at radius 3 is 2.24 bits per heavy atom. The average Bonchev–Trinajstić information content (AvgIpc) is 2.56. The smallest absolute Gasteiger partial charge is 0.380 e. The second-order valence-electron chi connectivity index (χ2n) is 6.17. The van der Waals surface area contributed by atoms with E-state index in [1.165, 1.54) is 0 Å². The molecule has 6 nitrogen and oxygen atoms in total. The average molecular weight is 439 g/mol. The Balaban J connectivity index is 2.45. The van der Waals surface area contributed by atoms with E-state index < -0.39 is 78.9 Å². The number of allylic oxidation sites excluding steroid dienone is 1. The molecule has 0 radical (unpaired) electrons. The van der Waals surface area contributed by atoms with Crippen LogP contribution < -0.4 is 10.6 Å². The van der Waals surface area contributed by atoms with Gasteiger partial charge in [-0.1, -0.05) is 0 Å². The second kappa shape index (κ2) is 7.84. The molecule has 0 fully saturated rings. The molecule has 1 aromatic rings. The van der Waals surface area contributed by atoms with Gasteiger partial charge in [0.05, 0.1) is 0 Å². The molecule has 1 aliphatic carbocycles. The van der Waals surface area contributed by atoms with Crippen LogP contribution in [0.25, 0.3) is 5.57 Å². The van der Waals surface area contributed by atoms with Gasteiger partial charge < -0.3 is 15.7 Å². The molecular formula is C14H14F9N5O. The van der Waals surface area contributed by atoms with Crippen molar-refractivity contribution in [1.82, 2.24) is 15.0 Å². The first kappa shape index (κ1) is 23.0. The van der Waals surface area contributed by atoms with Gasteiger partial charge in [-0.15, -0.1) is 0 Å². The number of aliphatic hydroxyl groups excluding tert-OH is 1. The van der Waals surface area contributed by atoms with E-state index in [0.29, 0.717) is 6.92 Å². The fourth-order valence-electron chi connectivity index (χ4n) is 2.23. The Morgan fingerprint density at radius 2 is 1.69 bits per heavy atom. The van der Waals surface area contributed by atoms with Gasteiger partial charge in [0.1, 0.15) is 18.4 Å². The van der Waals surface area contributed by atoms with Crippen molar-refractivity contribution in [3.8, 4) is 0 Å². The minimum absolute atomic E-state index is 0.664. The fraction of sp³-hybridized carbons (Fsp3) is 0.643. The van der Waals surface area contributed by atoms with Crippen molar-refractivity contribution in [1.29, 1.82) is 0 Å². The number of aliphatic hydroxyl groups is 1. The van der Waals surface area contributed by atoms with Crippen molar-refractivity contribution in [3.05, 3.63) is 11.7 Å². The first-order chi connectivity index (χ1) is 13.1. The molecule has 0 saturated heterocycles. The highest BCUT2D eigenvalue weighted by Gasteiger charge is 2.46. The number of rotatable bonds is 5. The number of hydrogen-bond acceptors (Lipinski definition) is 6. The summed E-state index contributed by atoms with van der Waals surface area (Å²) in [5.41, 5.74) is -0.677. The zero-order valence-corrected chi connectivity index (χ0v) is 14.5. The summed E-state index contributed by atoms with van der Waals surface area (Å²) in [5, 5.41) is 12.8. The van der Waals surface area contributed by atoms with Gasteiger partial charge in [0, 0.05) is 12.0 Å². The van der Waals surface area contributed by atoms with E-state index >= 15 is 0 Å². The van der Waals surface area contributed by atoms with Crippen LogP contribution in [0.2, 0.25) is 0 Å². The van der Waals surface area contributed by atoms with Crippen LogP contribution in [0, 0.1) is 0 Å². The number of nitrogens with one attached hydrogen (secondary N) is 2. The lowest BCUT2D eigenvalue weighted by molar-refractivity contribution is -0.138. The van der Waals surface area contributed by atoms with Gasteiger partial charge in [0.15, 0.2) is 11.9 Å². The van der Waals surface area contributed by atoms with Gasteiger partial charge in [-0.25, -0.2) is 13.2 Å². The summed E-state index contributed by atoms with van der Waals surface area (Å²) in [4.78, 5) is 10.3. The Kier molecular flexibility index (Phi) is 6.20. The standard InChI is InChI=1S/C14H14F9N5O/c1-5(14(21,22)23)25-11-27-9(26-10(28-11)24-4-13(18,19)20)6-2-3-12(16,17)8(29)7(6)15/h5,8,29H,2-4H2,1H3,(H2,24,25,26,27,28)/t5-,8?/m0/s1. The second-order valence-corrected chi connectivity index (χ2v) is 6.17. The zero-order valence-electron chi connectivity index (χ0n) is 14.5. The first-order valence-electron chi connectivity index (χ1n) is 7.95. The summed E-state index contributed by atoms with van der Waals surface area (Å²) in [5.74, 6) is -8.05. The van der Waals surface area contributed by atoms with Gasteiger partial charge in [-0.05, 0) is 13.3 Å². The number of hydrogen-bond donors (Lipinski definition) is 3. The van der Waals surface area contributed by atoms with Crippen molar-refractivity contribution in [2.24, 2.45) is 0 Å². The van der Waals surface area contributed by atoms with Crippen LogP contribution in [0.4, 0.5) is 51.4 Å². The summed E-state index contributed by atoms with van der Waals surface area (Å²) >= 11 is 0. The zero-order chi connectivity index (χ0) is 22.2. The van der Waals surface area contributed by atoms with E-state index in [-0.39, 0.29) is 0 Å². The number of anilines is 2. The highest BCUT2D eigenvalue weighted by molar-refractivity contribution is 5.66. The lowest BCUT2D eigenvalue weighted by Crippen LogP contribution is -2.37. The maximum atomic E-state index is 14.2. The summed E-state index contributed by atoms with van der Waals surface area (Å²) in [6, 6.07) is -2.24. The third kappa shape index (κ3) is 5.83. The molecule has 1 unspecified atom stereocenters. The largest absolute Gasteiger partial charge is 0.408 e. The maximum absolute atomic E-state index is 14.2. The Bertz CT molecular complexity index is 778. The van der Waals surface area contributed by atoms with Crippen molar-refractivity contribution < 1.29 is 44.6 Å². The van der Waals surface area contributed by atoms with E-state index in [1.54, 1.807) is 10.6 Å². The van der Waals surface area contributed by atoms with Crippen LogP contribution in [0.5, 0.6) is 0 Å². The van der Waals surface area contributed by atoms with Crippen molar-refractivity contribution in [2.75, 3.05) is 17.2 Å². The quantitative estimate of drug-likeness (QED) is 0.608. The first-order valence-corrected chi connectivity index (χ1v) is 7.95. The normalized spacial score (nSPS) is 21.1. The molecule has 1 heterocycles. The molecule has 0 spiro atoms. The summed E-state index contributed by atoms with van der Waals surface area (Å²) in [6.45, 7) is -1.01. The predicted molar refractivity (Wildman–Crippen MR) is 81.7 cm³/mol. The van der Waals surface area contributed by atoms with Gasteiger partial charge in [0.25, 0.3) is 5.92 Å². The molecule has 0 aromatic carbocycles. The van der Waals surface area contributed by atoms with Gasteiger partial charge in [-0.2, -0.15) is 41.3 Å². The Morgan fingerprint density at radius 1 is 1.10 bits per heavy atom. The molecule has 29 heavy (non-hydrogen) atoms. The molecule has 164 valence electrons. The molecule has 0 amide bonds. The van der Waals surface area contributed by atoms with Gasteiger partial charge in [-0.3, -0.25) is 0 Å². The molecule has 0 bridgehead atoms. The van der Waals surface area contributed by atoms with Gasteiger partial charge >= 0.3 is 12.4 Å². The molecule has 2 atom stereocenters. The lowest BCUT2D eigenvalue weighted by atomic mass is 9.92. The van der Waals surface area contributed by atoms with E-state index in [0.717, 1.165) is 0 Å². The Labute approximate surface area is 157 Å². The molecule has 3 N–H and O–H groups in total. The minimum atomic E-state index is -4.78. The van der Waals surface area contributed by atoms with E-state index in [1.807, 2.05) is 0 Å². The summed E-state index contributed by atoms with van der Waals surface area (Å²) < 4.78 is 116. The maximum Gasteiger partial charge on any atom is 0.408 e. The van der Waals surface area contributed by atoms with E-state index in [4.69, 9.17) is 0 Å². The molecule has 0 aliphatic heterocycles. The molecule has 2 rings (SSSR count). The van der Waals surface area contributed by atoms with Crippen LogP contribution in [0.3, 0.4) is 0 Å². The molecule has 1 aliphatic rings. The topological polar surface area (TPSA) is 83.0 Å². The molecule has 15 heteroatoms. The molecule has 1 aromatic heterocycles. The van der Waals surface area contributed by atoms with Gasteiger partial charge in [0.2, 0.25) is 11.9 Å². The number of halogens is 9. The molecular weight excluding hydrogens is 425 g/mol. The third-order valence-electron chi connectivity index (χ3n) is 3.83. The SMILES string of the molecule is C[C@H](Nc1nc(NCC(F)(F)F)nc(C2=C(F)C(O)C(F)(F)CC2)n1)C(F)(F)F. The third-order valence-corrected chi connectivity index (χ3v) is 3.83. The fourth-order valence-corrected chi connectivity index (χ4v) is 2.23. The monoisotopic (exact) mass is 439 g/mol. The number of nitrogens with zero attached hydrogens (tertiary/aromatic N) is 3. The van der Waals surface area contributed by atoms with Crippen LogP contribution in [0.15, 0.2) is 5.83 Å². The highest BCUT2D eigenvalue weighted by atomic mass is 19.4. The minimum Gasteiger partial charge on any atom is -0.380 e. The van der Waals surface area contributed by atoms with Crippen molar-refractivity contribution in [3.63, 3.8) is 0 Å². The summed E-state index contributed by atoms with van der Waals surface area (Å²) in [6.07, 6.45) is -14.1. The van der Waals surface area contributed by atoms with Crippen LogP contribution in [0.1, 0.15) is 25.6 Å². The highest BCUT2D eigenvalue weighted by Crippen LogP contribution is 2.41. The Hall–Kier alpha value is -2.32. The van der Waals surface area contributed by atoms with Crippen LogP contribution in [-0.2, 0) is 0 Å². The molecule has 0 saturated carbocycles. The summed E-state index contributed by atoms with van der Waals surface area (Å²) in [7, 11) is 0. The van der Waals surface area contributed by atoms with Crippen LogP contribution in [-0.4, -0.2) is 57.0 Å².